The highest BCUT2D eigenvalue weighted by atomic mass is 32.1. The van der Waals surface area contributed by atoms with E-state index in [4.69, 9.17) is 10.5 Å². The number of carbonyl (C=O) groups is 1. The van der Waals surface area contributed by atoms with Crippen molar-refractivity contribution in [2.24, 2.45) is 0 Å². The van der Waals surface area contributed by atoms with Crippen LogP contribution in [0.4, 0.5) is 31.0 Å². The van der Waals surface area contributed by atoms with Crippen LogP contribution in [0.2, 0.25) is 0 Å². The van der Waals surface area contributed by atoms with Gasteiger partial charge in [0.05, 0.1) is 41.6 Å². The molecule has 1 fully saturated rings. The van der Waals surface area contributed by atoms with Gasteiger partial charge in [0, 0.05) is 12.6 Å². The van der Waals surface area contributed by atoms with Crippen LogP contribution in [0.5, 0.6) is 5.88 Å². The lowest BCUT2D eigenvalue weighted by atomic mass is 10.1. The lowest BCUT2D eigenvalue weighted by molar-refractivity contribution is 0.0368. The average molecular weight is 490 g/mol. The number of hydrogen-bond acceptors (Lipinski definition) is 9. The van der Waals surface area contributed by atoms with Crippen LogP contribution in [0, 0.1) is 6.92 Å². The van der Waals surface area contributed by atoms with Gasteiger partial charge < -0.3 is 21.1 Å². The van der Waals surface area contributed by atoms with Crippen LogP contribution in [0.1, 0.15) is 28.9 Å². The maximum atomic E-state index is 12.9. The molecule has 1 amide bonds. The largest absolute Gasteiger partial charge is 0.473 e. The van der Waals surface area contributed by atoms with Gasteiger partial charge in [0.2, 0.25) is 5.88 Å². The first-order valence-electron chi connectivity index (χ1n) is 10.8. The molecule has 1 aliphatic heterocycles. The molecule has 4 N–H and O–H groups in total. The standard InChI is InChI=1S/C22H25F2N7O2S/c1-13-20(22(34-30-13)29-18-6-4-14(25)9-26-18)21(32)28-15-5-7-19(27-10-15)33-16-3-2-8-31(11-16)12-17(23)24/h4-7,9-10,16-17H,2-3,8,11-12,25H2,1H3,(H,26,29)(H,28,32). The number of aromatic nitrogens is 3. The van der Waals surface area contributed by atoms with Crippen molar-refractivity contribution in [1.82, 2.24) is 19.2 Å². The lowest BCUT2D eigenvalue weighted by Crippen LogP contribution is -2.43. The monoisotopic (exact) mass is 489 g/mol. The summed E-state index contributed by atoms with van der Waals surface area (Å²) in [5.74, 6) is 0.589. The summed E-state index contributed by atoms with van der Waals surface area (Å²) >= 11 is 1.16. The van der Waals surface area contributed by atoms with Gasteiger partial charge in [-0.3, -0.25) is 9.69 Å². The highest BCUT2D eigenvalue weighted by molar-refractivity contribution is 7.10. The average Bonchev–Trinajstić information content (AvgIpc) is 3.16. The summed E-state index contributed by atoms with van der Waals surface area (Å²) in [6.07, 6.45) is 2.03. The first-order valence-corrected chi connectivity index (χ1v) is 11.5. The molecule has 12 heteroatoms. The van der Waals surface area contributed by atoms with Crippen molar-refractivity contribution in [2.75, 3.05) is 36.0 Å². The number of hydrogen-bond donors (Lipinski definition) is 3. The topological polar surface area (TPSA) is 118 Å². The van der Waals surface area contributed by atoms with Crippen LogP contribution in [0.25, 0.3) is 0 Å². The molecular formula is C22H25F2N7O2S. The summed E-state index contributed by atoms with van der Waals surface area (Å²) in [7, 11) is 0. The number of nitrogens with one attached hydrogen (secondary N) is 2. The van der Waals surface area contributed by atoms with E-state index >= 15 is 0 Å². The van der Waals surface area contributed by atoms with Gasteiger partial charge in [-0.2, -0.15) is 4.37 Å². The van der Waals surface area contributed by atoms with Crippen LogP contribution >= 0.6 is 11.5 Å². The smallest absolute Gasteiger partial charge is 0.260 e. The Labute approximate surface area is 199 Å². The molecule has 0 aromatic carbocycles. The lowest BCUT2D eigenvalue weighted by Gasteiger charge is -2.32. The predicted molar refractivity (Wildman–Crippen MR) is 127 cm³/mol. The molecule has 9 nitrogen and oxygen atoms in total. The van der Waals surface area contributed by atoms with Crippen molar-refractivity contribution in [2.45, 2.75) is 32.3 Å². The van der Waals surface area contributed by atoms with Crippen LogP contribution < -0.4 is 21.1 Å². The molecule has 0 aliphatic carbocycles. The predicted octanol–water partition coefficient (Wildman–Crippen LogP) is 3.93. The highest BCUT2D eigenvalue weighted by Gasteiger charge is 2.24. The maximum absolute atomic E-state index is 12.9. The first kappa shape index (κ1) is 23.8. The number of rotatable bonds is 8. The van der Waals surface area contributed by atoms with Crippen molar-refractivity contribution in [3.63, 3.8) is 0 Å². The second-order valence-corrected chi connectivity index (χ2v) is 8.72. The fourth-order valence-electron chi connectivity index (χ4n) is 3.68. The first-order chi connectivity index (χ1) is 16.4. The molecule has 180 valence electrons. The molecule has 1 aliphatic rings. The van der Waals surface area contributed by atoms with Gasteiger partial charge in [0.25, 0.3) is 12.3 Å². The number of nitrogen functional groups attached to an aromatic ring is 1. The number of carbonyl (C=O) groups excluding carboxylic acids is 1. The van der Waals surface area contributed by atoms with E-state index in [1.807, 2.05) is 0 Å². The van der Waals surface area contributed by atoms with Crippen LogP contribution in [0.15, 0.2) is 36.7 Å². The van der Waals surface area contributed by atoms with E-state index < -0.39 is 6.43 Å². The molecule has 3 aromatic rings. The normalized spacial score (nSPS) is 16.4. The van der Waals surface area contributed by atoms with E-state index in [2.05, 4.69) is 25.0 Å². The van der Waals surface area contributed by atoms with E-state index in [0.29, 0.717) is 52.4 Å². The zero-order valence-corrected chi connectivity index (χ0v) is 19.3. The Hall–Kier alpha value is -3.38. The zero-order chi connectivity index (χ0) is 24.1. The Morgan fingerprint density at radius 3 is 2.85 bits per heavy atom. The Morgan fingerprint density at radius 2 is 2.15 bits per heavy atom. The van der Waals surface area contributed by atoms with Gasteiger partial charge >= 0.3 is 0 Å². The second-order valence-electron chi connectivity index (χ2n) is 7.95. The van der Waals surface area contributed by atoms with Crippen molar-refractivity contribution < 1.29 is 18.3 Å². The number of ether oxygens (including phenoxy) is 1. The van der Waals surface area contributed by atoms with Gasteiger partial charge in [0.1, 0.15) is 16.9 Å². The number of piperidine rings is 1. The third kappa shape index (κ3) is 6.14. The highest BCUT2D eigenvalue weighted by Crippen LogP contribution is 2.28. The molecule has 1 unspecified atom stereocenters. The third-order valence-corrected chi connectivity index (χ3v) is 6.11. The SMILES string of the molecule is Cc1nsc(Nc2ccc(N)cn2)c1C(=O)Nc1ccc(OC2CCCN(CC(F)F)C2)nc1. The number of halogens is 2. The Balaban J connectivity index is 1.37. The summed E-state index contributed by atoms with van der Waals surface area (Å²) in [4.78, 5) is 23.1. The number of pyridine rings is 2. The minimum Gasteiger partial charge on any atom is -0.473 e. The van der Waals surface area contributed by atoms with E-state index in [1.54, 1.807) is 36.1 Å². The van der Waals surface area contributed by atoms with Crippen LogP contribution in [-0.4, -0.2) is 57.3 Å². The van der Waals surface area contributed by atoms with Crippen LogP contribution in [0.3, 0.4) is 0 Å². The number of nitrogens with zero attached hydrogens (tertiary/aromatic N) is 4. The van der Waals surface area contributed by atoms with E-state index in [-0.39, 0.29) is 18.6 Å². The summed E-state index contributed by atoms with van der Waals surface area (Å²) in [6.45, 7) is 2.59. The van der Waals surface area contributed by atoms with Gasteiger partial charge in [-0.25, -0.2) is 18.7 Å². The molecule has 4 heterocycles. The second kappa shape index (κ2) is 10.7. The van der Waals surface area contributed by atoms with E-state index in [1.165, 1.54) is 12.4 Å². The Morgan fingerprint density at radius 1 is 1.29 bits per heavy atom. The Kier molecular flexibility index (Phi) is 7.48. The fourth-order valence-corrected chi connectivity index (χ4v) is 4.48. The van der Waals surface area contributed by atoms with Crippen molar-refractivity contribution >= 4 is 39.6 Å². The summed E-state index contributed by atoms with van der Waals surface area (Å²) in [5.41, 5.74) is 7.68. The maximum Gasteiger partial charge on any atom is 0.260 e. The van der Waals surface area contributed by atoms with E-state index in [0.717, 1.165) is 24.4 Å². The minimum atomic E-state index is -2.36. The van der Waals surface area contributed by atoms with Gasteiger partial charge in [0.15, 0.2) is 0 Å². The molecule has 1 atom stereocenters. The molecule has 4 rings (SSSR count). The number of nitrogens with two attached hydrogens (primary N) is 1. The number of aryl methyl sites for hydroxylation is 1. The van der Waals surface area contributed by atoms with Crippen molar-refractivity contribution in [3.8, 4) is 5.88 Å². The fraction of sp³-hybridized carbons (Fsp3) is 0.364. The molecule has 3 aromatic heterocycles. The van der Waals surface area contributed by atoms with E-state index in [9.17, 15) is 13.6 Å². The quantitative estimate of drug-likeness (QED) is 0.436. The van der Waals surface area contributed by atoms with Crippen molar-refractivity contribution in [1.29, 1.82) is 0 Å². The molecule has 1 saturated heterocycles. The number of amides is 1. The number of likely N-dealkylation sites (tertiary alicyclic amines) is 1. The molecule has 0 bridgehead atoms. The molecular weight excluding hydrogens is 464 g/mol. The molecule has 0 spiro atoms. The Bertz CT molecular complexity index is 1110. The van der Waals surface area contributed by atoms with Crippen LogP contribution in [-0.2, 0) is 0 Å². The summed E-state index contributed by atoms with van der Waals surface area (Å²) in [5, 5.41) is 6.48. The van der Waals surface area contributed by atoms with Gasteiger partial charge in [-0.05, 0) is 56.0 Å². The molecule has 0 radical (unpaired) electrons. The van der Waals surface area contributed by atoms with Crippen molar-refractivity contribution in [3.05, 3.63) is 47.9 Å². The number of alkyl halides is 2. The van der Waals surface area contributed by atoms with Gasteiger partial charge in [-0.15, -0.1) is 0 Å². The summed E-state index contributed by atoms with van der Waals surface area (Å²) < 4.78 is 35.4. The zero-order valence-electron chi connectivity index (χ0n) is 18.5. The van der Waals surface area contributed by atoms with Gasteiger partial charge in [-0.1, -0.05) is 0 Å². The molecule has 34 heavy (non-hydrogen) atoms. The number of anilines is 4. The minimum absolute atomic E-state index is 0.199. The summed E-state index contributed by atoms with van der Waals surface area (Å²) in [6, 6.07) is 6.76. The third-order valence-electron chi connectivity index (χ3n) is 5.26. The molecule has 0 saturated carbocycles.